The highest BCUT2D eigenvalue weighted by Crippen LogP contribution is 2.41. The van der Waals surface area contributed by atoms with E-state index in [9.17, 15) is 0 Å². The van der Waals surface area contributed by atoms with Gasteiger partial charge in [0.05, 0.1) is 22.1 Å². The lowest BCUT2D eigenvalue weighted by Crippen LogP contribution is -1.93. The smallest absolute Gasteiger partial charge is 0.231 e. The number of furan rings is 2. The summed E-state index contributed by atoms with van der Waals surface area (Å²) < 4.78 is 15.3. The van der Waals surface area contributed by atoms with Gasteiger partial charge in [-0.1, -0.05) is 115 Å². The maximum absolute atomic E-state index is 6.49. The van der Waals surface area contributed by atoms with Crippen LogP contribution in [-0.4, -0.2) is 14.5 Å². The standard InChI is InChI=1S/C52H31N3O2/c1-4-12-32(13-5-1)34-21-26-48-43(30-34)49-50(53-51(54-52(49)57-48)33-14-6-2-7-15-33)37-23-27-47-42(31-37)41-29-36(22-25-46(41)56-47)35-20-24-45-40(28-35)39-18-10-11-19-44(39)55(45)38-16-8-3-9-17-38/h1-31H. The summed E-state index contributed by atoms with van der Waals surface area (Å²) in [6, 6.07) is 65.7. The van der Waals surface area contributed by atoms with Gasteiger partial charge in [-0.25, -0.2) is 4.98 Å². The van der Waals surface area contributed by atoms with Gasteiger partial charge in [0, 0.05) is 43.7 Å². The molecule has 12 aromatic rings. The highest BCUT2D eigenvalue weighted by atomic mass is 16.3. The maximum atomic E-state index is 6.49. The minimum Gasteiger partial charge on any atom is -0.456 e. The van der Waals surface area contributed by atoms with Crippen LogP contribution in [0.3, 0.4) is 0 Å². The van der Waals surface area contributed by atoms with Gasteiger partial charge in [-0.05, 0) is 95.1 Å². The van der Waals surface area contributed by atoms with Crippen LogP contribution < -0.4 is 0 Å². The molecular weight excluding hydrogens is 699 g/mol. The number of benzene rings is 8. The monoisotopic (exact) mass is 729 g/mol. The zero-order valence-electron chi connectivity index (χ0n) is 30.6. The zero-order valence-corrected chi connectivity index (χ0v) is 30.6. The number of fused-ring (bicyclic) bond motifs is 9. The van der Waals surface area contributed by atoms with Gasteiger partial charge in [0.1, 0.15) is 16.7 Å². The fraction of sp³-hybridized carbons (Fsp3) is 0. The van der Waals surface area contributed by atoms with E-state index in [2.05, 4.69) is 150 Å². The average Bonchev–Trinajstić information content (AvgIpc) is 3.95. The van der Waals surface area contributed by atoms with E-state index in [-0.39, 0.29) is 0 Å². The Labute approximate surface area is 326 Å². The second-order valence-electron chi connectivity index (χ2n) is 14.6. The van der Waals surface area contributed by atoms with Crippen molar-refractivity contribution in [3.8, 4) is 50.6 Å². The van der Waals surface area contributed by atoms with Crippen LogP contribution in [0.15, 0.2) is 197 Å². The molecular formula is C52H31N3O2. The Morgan fingerprint density at radius 3 is 1.61 bits per heavy atom. The number of para-hydroxylation sites is 2. The molecule has 5 heteroatoms. The number of aromatic nitrogens is 3. The fourth-order valence-electron chi connectivity index (χ4n) is 8.52. The van der Waals surface area contributed by atoms with Gasteiger partial charge in [0.2, 0.25) is 5.71 Å². The maximum Gasteiger partial charge on any atom is 0.231 e. The Morgan fingerprint density at radius 2 is 0.877 bits per heavy atom. The summed E-state index contributed by atoms with van der Waals surface area (Å²) >= 11 is 0. The van der Waals surface area contributed by atoms with Gasteiger partial charge < -0.3 is 13.4 Å². The normalized spacial score (nSPS) is 11.9. The summed E-state index contributed by atoms with van der Waals surface area (Å²) in [4.78, 5) is 10.3. The third-order valence-electron chi connectivity index (χ3n) is 11.2. The summed E-state index contributed by atoms with van der Waals surface area (Å²) in [7, 11) is 0. The predicted molar refractivity (Wildman–Crippen MR) is 233 cm³/mol. The van der Waals surface area contributed by atoms with Crippen molar-refractivity contribution in [3.05, 3.63) is 188 Å². The molecule has 0 unspecified atom stereocenters. The van der Waals surface area contributed by atoms with Gasteiger partial charge in [0.15, 0.2) is 5.82 Å². The van der Waals surface area contributed by atoms with Crippen molar-refractivity contribution in [1.29, 1.82) is 0 Å². The molecule has 0 aliphatic heterocycles. The van der Waals surface area contributed by atoms with Crippen LogP contribution in [0, 0.1) is 0 Å². The second kappa shape index (κ2) is 12.4. The fourth-order valence-corrected chi connectivity index (χ4v) is 8.52. The summed E-state index contributed by atoms with van der Waals surface area (Å²) in [5, 5.41) is 6.38. The van der Waals surface area contributed by atoms with Crippen molar-refractivity contribution in [2.75, 3.05) is 0 Å². The molecule has 0 amide bonds. The van der Waals surface area contributed by atoms with E-state index < -0.39 is 0 Å². The minimum atomic E-state index is 0.558. The molecule has 266 valence electrons. The van der Waals surface area contributed by atoms with Gasteiger partial charge in [-0.2, -0.15) is 4.98 Å². The topological polar surface area (TPSA) is 57.0 Å². The SMILES string of the molecule is c1ccc(-c2ccc3oc4nc(-c5ccccc5)nc(-c5ccc6oc7ccc(-c8ccc9c(c8)c8ccccc8n9-c8ccccc8)cc7c6c5)c4c3c2)cc1. The zero-order chi connectivity index (χ0) is 37.5. The first-order valence-corrected chi connectivity index (χ1v) is 19.1. The molecule has 12 rings (SSSR count). The Morgan fingerprint density at radius 1 is 0.351 bits per heavy atom. The highest BCUT2D eigenvalue weighted by Gasteiger charge is 2.21. The molecule has 0 radical (unpaired) electrons. The number of hydrogen-bond donors (Lipinski definition) is 0. The molecule has 0 fully saturated rings. The Bertz CT molecular complexity index is 3510. The van der Waals surface area contributed by atoms with Crippen LogP contribution >= 0.6 is 0 Å². The lowest BCUT2D eigenvalue weighted by molar-refractivity contribution is 0.653. The van der Waals surface area contributed by atoms with Gasteiger partial charge in [-0.15, -0.1) is 0 Å². The van der Waals surface area contributed by atoms with E-state index >= 15 is 0 Å². The van der Waals surface area contributed by atoms with Crippen LogP contribution in [0.1, 0.15) is 0 Å². The molecule has 0 atom stereocenters. The average molecular weight is 730 g/mol. The van der Waals surface area contributed by atoms with Crippen LogP contribution in [0.4, 0.5) is 0 Å². The van der Waals surface area contributed by atoms with E-state index in [1.165, 1.54) is 21.8 Å². The van der Waals surface area contributed by atoms with E-state index in [0.717, 1.165) is 83.1 Å². The largest absolute Gasteiger partial charge is 0.456 e. The molecule has 4 aromatic heterocycles. The number of nitrogens with zero attached hydrogens (tertiary/aromatic N) is 3. The summed E-state index contributed by atoms with van der Waals surface area (Å²) in [5.41, 5.74) is 13.7. The van der Waals surface area contributed by atoms with Crippen LogP contribution in [0.5, 0.6) is 0 Å². The number of rotatable bonds is 5. The molecule has 0 N–H and O–H groups in total. The van der Waals surface area contributed by atoms with Gasteiger partial charge in [-0.3, -0.25) is 0 Å². The molecule has 0 saturated heterocycles. The first-order chi connectivity index (χ1) is 28.2. The van der Waals surface area contributed by atoms with Crippen molar-refractivity contribution >= 4 is 65.8 Å². The van der Waals surface area contributed by atoms with Crippen LogP contribution in [0.2, 0.25) is 0 Å². The lowest BCUT2D eigenvalue weighted by Gasteiger charge is -2.08. The third-order valence-corrected chi connectivity index (χ3v) is 11.2. The minimum absolute atomic E-state index is 0.558. The molecule has 0 aliphatic carbocycles. The van der Waals surface area contributed by atoms with E-state index in [1.54, 1.807) is 0 Å². The Kier molecular flexibility index (Phi) is 6.86. The number of hydrogen-bond acceptors (Lipinski definition) is 4. The Balaban J connectivity index is 1.04. The van der Waals surface area contributed by atoms with Crippen LogP contribution in [-0.2, 0) is 0 Å². The highest BCUT2D eigenvalue weighted by molar-refractivity contribution is 6.14. The first kappa shape index (κ1) is 31.6. The predicted octanol–water partition coefficient (Wildman–Crippen LogP) is 14.0. The van der Waals surface area contributed by atoms with Crippen molar-refractivity contribution in [3.63, 3.8) is 0 Å². The first-order valence-electron chi connectivity index (χ1n) is 19.1. The van der Waals surface area contributed by atoms with E-state index in [4.69, 9.17) is 18.8 Å². The third kappa shape index (κ3) is 5.03. The Hall–Kier alpha value is -7.76. The van der Waals surface area contributed by atoms with Gasteiger partial charge >= 0.3 is 0 Å². The summed E-state index contributed by atoms with van der Waals surface area (Å²) in [6.45, 7) is 0. The molecule has 0 bridgehead atoms. The second-order valence-corrected chi connectivity index (χ2v) is 14.6. The quantitative estimate of drug-likeness (QED) is 0.177. The van der Waals surface area contributed by atoms with E-state index in [0.29, 0.717) is 11.5 Å². The van der Waals surface area contributed by atoms with Crippen molar-refractivity contribution in [2.24, 2.45) is 0 Å². The molecule has 8 aromatic carbocycles. The van der Waals surface area contributed by atoms with Gasteiger partial charge in [0.25, 0.3) is 0 Å². The molecule has 0 aliphatic rings. The van der Waals surface area contributed by atoms with Crippen molar-refractivity contribution < 1.29 is 8.83 Å². The molecule has 4 heterocycles. The molecule has 0 spiro atoms. The molecule has 0 saturated carbocycles. The molecule has 57 heavy (non-hydrogen) atoms. The summed E-state index contributed by atoms with van der Waals surface area (Å²) in [5.74, 6) is 0.615. The van der Waals surface area contributed by atoms with Crippen molar-refractivity contribution in [1.82, 2.24) is 14.5 Å². The van der Waals surface area contributed by atoms with Crippen molar-refractivity contribution in [2.45, 2.75) is 0 Å². The summed E-state index contributed by atoms with van der Waals surface area (Å²) in [6.07, 6.45) is 0. The van der Waals surface area contributed by atoms with E-state index in [1.807, 2.05) is 42.5 Å². The lowest BCUT2D eigenvalue weighted by atomic mass is 9.99. The molecule has 5 nitrogen and oxygen atoms in total. The van der Waals surface area contributed by atoms with Crippen LogP contribution in [0.25, 0.3) is 116 Å².